The van der Waals surface area contributed by atoms with Gasteiger partial charge in [-0.05, 0) is 48.8 Å². The van der Waals surface area contributed by atoms with Crippen LogP contribution in [0.1, 0.15) is 42.3 Å². The van der Waals surface area contributed by atoms with Crippen LogP contribution in [-0.4, -0.2) is 43.9 Å². The van der Waals surface area contributed by atoms with Crippen LogP contribution in [0.25, 0.3) is 6.08 Å². The summed E-state index contributed by atoms with van der Waals surface area (Å²) in [4.78, 5) is 27.3. The van der Waals surface area contributed by atoms with Crippen molar-refractivity contribution in [1.29, 1.82) is 0 Å². The van der Waals surface area contributed by atoms with Crippen LogP contribution in [0, 0.1) is 0 Å². The fourth-order valence-electron chi connectivity index (χ4n) is 2.68. The van der Waals surface area contributed by atoms with E-state index in [-0.39, 0.29) is 22.9 Å². The number of rotatable bonds is 7. The number of benzene rings is 2. The largest absolute Gasteiger partial charge is 0.349 e. The highest BCUT2D eigenvalue weighted by Gasteiger charge is 2.16. The summed E-state index contributed by atoms with van der Waals surface area (Å²) in [6, 6.07) is 16.9. The van der Waals surface area contributed by atoms with Crippen LogP contribution < -0.4 is 10.6 Å². The maximum Gasteiger partial charge on any atom is 0.267 e. The molecule has 0 fully saturated rings. The second-order valence-corrected chi connectivity index (χ2v) is 8.31. The lowest BCUT2D eigenvalue weighted by atomic mass is 9.86. The first kappa shape index (κ1) is 22.4. The van der Waals surface area contributed by atoms with E-state index >= 15 is 0 Å². The van der Waals surface area contributed by atoms with Crippen LogP contribution in [0.4, 0.5) is 0 Å². The molecule has 0 atom stereocenters. The van der Waals surface area contributed by atoms with E-state index in [2.05, 4.69) is 31.4 Å². The van der Waals surface area contributed by atoms with E-state index in [0.29, 0.717) is 18.7 Å². The molecule has 0 saturated heterocycles. The van der Waals surface area contributed by atoms with Crippen LogP contribution in [0.15, 0.2) is 60.3 Å². The lowest BCUT2D eigenvalue weighted by Gasteiger charge is -2.19. The van der Waals surface area contributed by atoms with Gasteiger partial charge in [-0.2, -0.15) is 0 Å². The maximum atomic E-state index is 12.7. The molecule has 0 radical (unpaired) electrons. The molecule has 2 N–H and O–H groups in total. The van der Waals surface area contributed by atoms with Crippen molar-refractivity contribution >= 4 is 17.9 Å². The molecule has 2 aromatic rings. The molecule has 0 aliphatic rings. The van der Waals surface area contributed by atoms with Gasteiger partial charge in [-0.1, -0.05) is 63.2 Å². The molecule has 0 bridgehead atoms. The second kappa shape index (κ2) is 10.0. The minimum Gasteiger partial charge on any atom is -0.349 e. The molecule has 0 saturated carbocycles. The molecule has 0 spiro atoms. The zero-order valence-corrected chi connectivity index (χ0v) is 18.0. The van der Waals surface area contributed by atoms with Crippen LogP contribution >= 0.6 is 0 Å². The summed E-state index contributed by atoms with van der Waals surface area (Å²) < 4.78 is 0. The Morgan fingerprint density at radius 3 is 2.14 bits per heavy atom. The van der Waals surface area contributed by atoms with E-state index in [9.17, 15) is 9.59 Å². The Balaban J connectivity index is 2.24. The molecule has 29 heavy (non-hydrogen) atoms. The molecule has 2 rings (SSSR count). The minimum atomic E-state index is -0.314. The zero-order valence-electron chi connectivity index (χ0n) is 18.0. The van der Waals surface area contributed by atoms with Crippen molar-refractivity contribution in [3.05, 3.63) is 77.0 Å². The number of hydrogen-bond donors (Lipinski definition) is 2. The monoisotopic (exact) mass is 393 g/mol. The molecular formula is C24H31N3O2. The minimum absolute atomic E-state index is 0.0517. The van der Waals surface area contributed by atoms with Crippen LogP contribution in [0.2, 0.25) is 0 Å². The molecule has 0 aliphatic heterocycles. The summed E-state index contributed by atoms with van der Waals surface area (Å²) in [7, 11) is 3.88. The number of nitrogens with one attached hydrogen (secondary N) is 2. The van der Waals surface area contributed by atoms with Crippen LogP contribution in [0.5, 0.6) is 0 Å². The molecular weight excluding hydrogens is 362 g/mol. The topological polar surface area (TPSA) is 61.4 Å². The van der Waals surface area contributed by atoms with E-state index in [0.717, 1.165) is 5.56 Å². The van der Waals surface area contributed by atoms with E-state index in [1.54, 1.807) is 30.3 Å². The fraction of sp³-hybridized carbons (Fsp3) is 0.333. The molecule has 0 aliphatic carbocycles. The normalized spacial score (nSPS) is 12.0. The van der Waals surface area contributed by atoms with Gasteiger partial charge in [-0.15, -0.1) is 0 Å². The van der Waals surface area contributed by atoms with E-state index in [1.165, 1.54) is 5.56 Å². The Hall–Kier alpha value is -2.92. The third-order valence-electron chi connectivity index (χ3n) is 4.46. The molecule has 5 heteroatoms. The van der Waals surface area contributed by atoms with Gasteiger partial charge in [0.25, 0.3) is 11.8 Å². The first-order valence-corrected chi connectivity index (χ1v) is 9.78. The third kappa shape index (κ3) is 7.20. The number of amides is 2. The average Bonchev–Trinajstić information content (AvgIpc) is 2.67. The van der Waals surface area contributed by atoms with Crippen LogP contribution in [0.3, 0.4) is 0 Å². The third-order valence-corrected chi connectivity index (χ3v) is 4.46. The van der Waals surface area contributed by atoms with E-state index in [1.807, 2.05) is 49.3 Å². The van der Waals surface area contributed by atoms with E-state index in [4.69, 9.17) is 0 Å². The van der Waals surface area contributed by atoms with Crippen molar-refractivity contribution in [1.82, 2.24) is 15.5 Å². The SMILES string of the molecule is CN(C)CCNC(=O)/C(=C/c1ccc(C(C)(C)C)cc1)NC(=O)c1ccccc1. The first-order chi connectivity index (χ1) is 13.7. The Morgan fingerprint density at radius 2 is 1.59 bits per heavy atom. The van der Waals surface area contributed by atoms with Crippen molar-refractivity contribution < 1.29 is 9.59 Å². The van der Waals surface area contributed by atoms with Crippen molar-refractivity contribution in [2.45, 2.75) is 26.2 Å². The maximum absolute atomic E-state index is 12.7. The summed E-state index contributed by atoms with van der Waals surface area (Å²) in [5, 5.41) is 5.62. The Morgan fingerprint density at radius 1 is 0.966 bits per heavy atom. The Kier molecular flexibility index (Phi) is 7.74. The van der Waals surface area contributed by atoms with Crippen molar-refractivity contribution in [3.8, 4) is 0 Å². The quantitative estimate of drug-likeness (QED) is 0.709. The number of carbonyl (C=O) groups is 2. The molecule has 154 valence electrons. The molecule has 5 nitrogen and oxygen atoms in total. The smallest absolute Gasteiger partial charge is 0.267 e. The average molecular weight is 394 g/mol. The summed E-state index contributed by atoms with van der Waals surface area (Å²) in [5.41, 5.74) is 2.84. The summed E-state index contributed by atoms with van der Waals surface area (Å²) in [6.07, 6.45) is 1.71. The standard InChI is InChI=1S/C24H31N3O2/c1-24(2,3)20-13-11-18(12-14-20)17-21(23(29)25-15-16-27(4)5)26-22(28)19-9-7-6-8-10-19/h6-14,17H,15-16H2,1-5H3,(H,25,29)(H,26,28)/b21-17-. The van der Waals surface area contributed by atoms with Gasteiger partial charge in [-0.25, -0.2) is 0 Å². The second-order valence-electron chi connectivity index (χ2n) is 8.31. The number of hydrogen-bond acceptors (Lipinski definition) is 3. The lowest BCUT2D eigenvalue weighted by molar-refractivity contribution is -0.117. The molecule has 2 aromatic carbocycles. The summed E-state index contributed by atoms with van der Waals surface area (Å²) in [6.45, 7) is 7.67. The Bertz CT molecular complexity index is 848. The highest BCUT2D eigenvalue weighted by atomic mass is 16.2. The lowest BCUT2D eigenvalue weighted by Crippen LogP contribution is -2.37. The highest BCUT2D eigenvalue weighted by molar-refractivity contribution is 6.05. The van der Waals surface area contributed by atoms with Crippen molar-refractivity contribution in [3.63, 3.8) is 0 Å². The van der Waals surface area contributed by atoms with Gasteiger partial charge in [-0.3, -0.25) is 9.59 Å². The van der Waals surface area contributed by atoms with Gasteiger partial charge in [0.05, 0.1) is 0 Å². The van der Waals surface area contributed by atoms with Gasteiger partial charge < -0.3 is 15.5 Å². The van der Waals surface area contributed by atoms with Crippen molar-refractivity contribution in [2.75, 3.05) is 27.2 Å². The van der Waals surface area contributed by atoms with Crippen molar-refractivity contribution in [2.24, 2.45) is 0 Å². The predicted molar refractivity (Wildman–Crippen MR) is 119 cm³/mol. The highest BCUT2D eigenvalue weighted by Crippen LogP contribution is 2.22. The van der Waals surface area contributed by atoms with Gasteiger partial charge in [0.1, 0.15) is 5.70 Å². The molecule has 0 aromatic heterocycles. The Labute approximate surface area is 173 Å². The van der Waals surface area contributed by atoms with E-state index < -0.39 is 0 Å². The van der Waals surface area contributed by atoms with Gasteiger partial charge in [0, 0.05) is 18.7 Å². The molecule has 0 unspecified atom stereocenters. The number of likely N-dealkylation sites (N-methyl/N-ethyl adjacent to an activating group) is 1. The van der Waals surface area contributed by atoms with Gasteiger partial charge >= 0.3 is 0 Å². The zero-order chi connectivity index (χ0) is 21.4. The fourth-order valence-corrected chi connectivity index (χ4v) is 2.68. The number of carbonyl (C=O) groups excluding carboxylic acids is 2. The summed E-state index contributed by atoms with van der Waals surface area (Å²) in [5.74, 6) is -0.623. The number of nitrogens with zero attached hydrogens (tertiary/aromatic N) is 1. The van der Waals surface area contributed by atoms with Crippen LogP contribution in [-0.2, 0) is 10.2 Å². The van der Waals surface area contributed by atoms with Gasteiger partial charge in [0.2, 0.25) is 0 Å². The predicted octanol–water partition coefficient (Wildman–Crippen LogP) is 3.43. The first-order valence-electron chi connectivity index (χ1n) is 9.78. The van der Waals surface area contributed by atoms with Gasteiger partial charge in [0.15, 0.2) is 0 Å². The molecule has 0 heterocycles. The molecule has 2 amide bonds. The summed E-state index contributed by atoms with van der Waals surface area (Å²) >= 11 is 0.